The highest BCUT2D eigenvalue weighted by molar-refractivity contribution is 7.59. The molecule has 0 bridgehead atoms. The zero-order valence-corrected chi connectivity index (χ0v) is 7.54. The molecule has 0 fully saturated rings. The van der Waals surface area contributed by atoms with Gasteiger partial charge >= 0.3 is 7.82 Å². The zero-order chi connectivity index (χ0) is 9.12. The predicted molar refractivity (Wildman–Crippen MR) is 30.3 cm³/mol. The smallest absolute Gasteiger partial charge is 0.478 e. The highest BCUT2D eigenvalue weighted by atomic mass is 31.3. The van der Waals surface area contributed by atoms with Crippen LogP contribution in [0.1, 0.15) is 0 Å². The van der Waals surface area contributed by atoms with Crippen LogP contribution < -0.4 is 9.79 Å². The van der Waals surface area contributed by atoms with Crippen molar-refractivity contribution in [1.82, 2.24) is 0 Å². The van der Waals surface area contributed by atoms with Gasteiger partial charge in [-0.2, -0.15) is 0 Å². The van der Waals surface area contributed by atoms with E-state index in [1.807, 2.05) is 0 Å². The quantitative estimate of drug-likeness (QED) is 0.553. The minimum absolute atomic E-state index is 0.889. The van der Waals surface area contributed by atoms with E-state index >= 15 is 0 Å². The monoisotopic (exact) mass is 204 g/mol. The van der Waals surface area contributed by atoms with Crippen LogP contribution in [-0.4, -0.2) is 14.2 Å². The van der Waals surface area contributed by atoms with E-state index in [0.717, 1.165) is 14.2 Å². The first kappa shape index (κ1) is 11.3. The van der Waals surface area contributed by atoms with Crippen molar-refractivity contribution in [3.8, 4) is 0 Å². The second kappa shape index (κ2) is 3.78. The Balaban J connectivity index is 4.34. The molecule has 0 aliphatic rings. The van der Waals surface area contributed by atoms with Gasteiger partial charge in [-0.25, -0.2) is 4.57 Å². The molecule has 0 unspecified atom stereocenters. The molecule has 0 N–H and O–H groups in total. The van der Waals surface area contributed by atoms with Gasteiger partial charge in [-0.15, -0.1) is 0 Å². The highest BCUT2D eigenvalue weighted by Gasteiger charge is 2.24. The van der Waals surface area contributed by atoms with Gasteiger partial charge in [0.2, 0.25) is 0 Å². The van der Waals surface area contributed by atoms with Gasteiger partial charge in [-0.1, -0.05) is 0 Å². The summed E-state index contributed by atoms with van der Waals surface area (Å²) in [6.45, 7) is 0. The molecule has 7 nitrogen and oxygen atoms in total. The van der Waals surface area contributed by atoms with Crippen molar-refractivity contribution in [3.63, 3.8) is 0 Å². The molecule has 0 aromatic heterocycles. The van der Waals surface area contributed by atoms with Crippen LogP contribution in [0, 0.1) is 0 Å². The normalized spacial score (nSPS) is 13.5. The Hall–Kier alpha value is 0.260. The van der Waals surface area contributed by atoms with Gasteiger partial charge in [-0.05, 0) is 0 Å². The molecule has 0 spiro atoms. The third kappa shape index (κ3) is 4.66. The molecular weight excluding hydrogens is 198 g/mol. The summed E-state index contributed by atoms with van der Waals surface area (Å²) in [4.78, 5) is 19.8. The lowest BCUT2D eigenvalue weighted by atomic mass is 11.8. The first-order valence-electron chi connectivity index (χ1n) is 2.28. The Morgan fingerprint density at radius 2 is 1.45 bits per heavy atom. The molecule has 0 aliphatic heterocycles. The molecule has 9 heteroatoms. The maximum Gasteiger partial charge on any atom is 0.478 e. The van der Waals surface area contributed by atoms with E-state index in [9.17, 15) is 18.9 Å². The van der Waals surface area contributed by atoms with Crippen LogP contribution >= 0.6 is 15.6 Å². The van der Waals surface area contributed by atoms with Gasteiger partial charge in [-0.3, -0.25) is 13.4 Å². The summed E-state index contributed by atoms with van der Waals surface area (Å²) in [5.74, 6) is 0. The second-order valence-electron chi connectivity index (χ2n) is 1.34. The fraction of sp³-hybridized carbons (Fsp3) is 1.00. The van der Waals surface area contributed by atoms with E-state index in [2.05, 4.69) is 13.4 Å². The number of rotatable bonds is 4. The molecular formula is C2H6O7P2-2. The van der Waals surface area contributed by atoms with Crippen LogP contribution in [0.15, 0.2) is 0 Å². The summed E-state index contributed by atoms with van der Waals surface area (Å²) in [5, 5.41) is 0. The number of phosphoric acid groups is 2. The minimum Gasteiger partial charge on any atom is -0.789 e. The van der Waals surface area contributed by atoms with E-state index in [1.54, 1.807) is 0 Å². The molecule has 0 aliphatic carbocycles. The molecule has 0 saturated heterocycles. The van der Waals surface area contributed by atoms with Crippen LogP contribution in [-0.2, 0) is 22.5 Å². The fourth-order valence-corrected chi connectivity index (χ4v) is 1.93. The van der Waals surface area contributed by atoms with Gasteiger partial charge in [0, 0.05) is 14.2 Å². The van der Waals surface area contributed by atoms with Crippen molar-refractivity contribution >= 4 is 15.6 Å². The number of hydrogen-bond acceptors (Lipinski definition) is 7. The van der Waals surface area contributed by atoms with Crippen molar-refractivity contribution in [2.75, 3.05) is 14.2 Å². The summed E-state index contributed by atoms with van der Waals surface area (Å²) in [6, 6.07) is 0. The topological polar surface area (TPSA) is 108 Å². The summed E-state index contributed by atoms with van der Waals surface area (Å²) >= 11 is 0. The van der Waals surface area contributed by atoms with Crippen molar-refractivity contribution < 1.29 is 32.3 Å². The zero-order valence-electron chi connectivity index (χ0n) is 5.75. The van der Waals surface area contributed by atoms with Crippen LogP contribution in [0.5, 0.6) is 0 Å². The molecule has 0 amide bonds. The third-order valence-corrected chi connectivity index (χ3v) is 3.14. The molecule has 0 saturated carbocycles. The van der Waals surface area contributed by atoms with E-state index in [1.165, 1.54) is 0 Å². The summed E-state index contributed by atoms with van der Waals surface area (Å²) < 4.78 is 32.1. The Morgan fingerprint density at radius 3 is 1.55 bits per heavy atom. The highest BCUT2D eigenvalue weighted by Crippen LogP contribution is 2.56. The molecule has 0 heterocycles. The Morgan fingerprint density at radius 1 is 1.09 bits per heavy atom. The largest absolute Gasteiger partial charge is 0.789 e. The minimum atomic E-state index is -5.33. The fourth-order valence-electron chi connectivity index (χ4n) is 0.264. The number of phosphoric ester groups is 1. The van der Waals surface area contributed by atoms with Crippen molar-refractivity contribution in [3.05, 3.63) is 0 Å². The van der Waals surface area contributed by atoms with Crippen LogP contribution in [0.4, 0.5) is 0 Å². The molecule has 0 radical (unpaired) electrons. The summed E-state index contributed by atoms with van der Waals surface area (Å²) in [7, 11) is -7.75. The molecule has 0 aromatic rings. The van der Waals surface area contributed by atoms with E-state index in [-0.39, 0.29) is 0 Å². The Labute approximate surface area is 63.1 Å². The summed E-state index contributed by atoms with van der Waals surface area (Å²) in [6.07, 6.45) is 0. The predicted octanol–water partition coefficient (Wildman–Crippen LogP) is -0.767. The van der Waals surface area contributed by atoms with Crippen molar-refractivity contribution in [1.29, 1.82) is 0 Å². The molecule has 0 atom stereocenters. The standard InChI is InChI=1S/C2H8O7P2/c1-7-11(6,8-2)9-10(3,4)5/h1-2H3,(H2,3,4,5)/p-2. The molecule has 0 rings (SSSR count). The van der Waals surface area contributed by atoms with E-state index in [4.69, 9.17) is 0 Å². The SMILES string of the molecule is COP(=O)(OC)OP(=O)([O-])[O-]. The van der Waals surface area contributed by atoms with Crippen LogP contribution in [0.3, 0.4) is 0 Å². The second-order valence-corrected chi connectivity index (χ2v) is 4.51. The van der Waals surface area contributed by atoms with Crippen LogP contribution in [0.2, 0.25) is 0 Å². The average Bonchev–Trinajstić information content (AvgIpc) is 1.84. The van der Waals surface area contributed by atoms with Gasteiger partial charge in [0.1, 0.15) is 0 Å². The van der Waals surface area contributed by atoms with Crippen LogP contribution in [0.25, 0.3) is 0 Å². The first-order valence-corrected chi connectivity index (χ1v) is 5.20. The number of hydrogen-bond donors (Lipinski definition) is 0. The molecule has 0 aromatic carbocycles. The lowest BCUT2D eigenvalue weighted by Gasteiger charge is -2.30. The van der Waals surface area contributed by atoms with E-state index in [0.29, 0.717) is 0 Å². The lowest BCUT2D eigenvalue weighted by molar-refractivity contribution is -0.334. The van der Waals surface area contributed by atoms with E-state index < -0.39 is 15.6 Å². The average molecular weight is 204 g/mol. The maximum absolute atomic E-state index is 10.7. The van der Waals surface area contributed by atoms with Gasteiger partial charge in [0.05, 0.1) is 7.82 Å². The lowest BCUT2D eigenvalue weighted by Crippen LogP contribution is -2.15. The molecule has 11 heavy (non-hydrogen) atoms. The third-order valence-electron chi connectivity index (χ3n) is 0.647. The van der Waals surface area contributed by atoms with Gasteiger partial charge < -0.3 is 14.4 Å². The maximum atomic E-state index is 10.7. The Kier molecular flexibility index (Phi) is 3.87. The van der Waals surface area contributed by atoms with Crippen molar-refractivity contribution in [2.24, 2.45) is 0 Å². The molecule has 68 valence electrons. The summed E-state index contributed by atoms with van der Waals surface area (Å²) in [5.41, 5.74) is 0. The Bertz CT molecular complexity index is 196. The van der Waals surface area contributed by atoms with Gasteiger partial charge in [0.25, 0.3) is 0 Å². The van der Waals surface area contributed by atoms with Gasteiger partial charge in [0.15, 0.2) is 0 Å². The first-order chi connectivity index (χ1) is 4.83. The van der Waals surface area contributed by atoms with Crippen molar-refractivity contribution in [2.45, 2.75) is 0 Å².